The standard InChI is InChI=1S/C14H20/c1-2-4-6-8-10-12-14-13-11-9-7-5-3-1/h1-4,9,11-12,14H,5-8,10,13H2/b3-1?,4-2?,11-9-,14-12-. The van der Waals surface area contributed by atoms with Crippen LogP contribution in [0.25, 0.3) is 0 Å². The molecule has 0 heterocycles. The number of hydrogen-bond donors (Lipinski definition) is 0. The molecule has 0 spiro atoms. The van der Waals surface area contributed by atoms with E-state index in [-0.39, 0.29) is 0 Å². The molecular formula is C14H20. The number of hydrogen-bond acceptors (Lipinski definition) is 0. The van der Waals surface area contributed by atoms with Gasteiger partial charge in [-0.15, -0.1) is 0 Å². The second kappa shape index (κ2) is 8.55. The predicted molar refractivity (Wildman–Crippen MR) is 64.3 cm³/mol. The van der Waals surface area contributed by atoms with E-state index in [4.69, 9.17) is 0 Å². The molecule has 76 valence electrons. The van der Waals surface area contributed by atoms with Gasteiger partial charge >= 0.3 is 0 Å². The van der Waals surface area contributed by atoms with Crippen molar-refractivity contribution in [3.63, 3.8) is 0 Å². The van der Waals surface area contributed by atoms with Crippen molar-refractivity contribution in [2.24, 2.45) is 0 Å². The minimum absolute atomic E-state index is 1.10. The van der Waals surface area contributed by atoms with Crippen molar-refractivity contribution >= 4 is 0 Å². The van der Waals surface area contributed by atoms with Crippen molar-refractivity contribution in [3.05, 3.63) is 48.6 Å². The van der Waals surface area contributed by atoms with Crippen LogP contribution in [0.2, 0.25) is 0 Å². The zero-order valence-corrected chi connectivity index (χ0v) is 8.86. The Morgan fingerprint density at radius 3 is 1.93 bits per heavy atom. The first-order valence-corrected chi connectivity index (χ1v) is 5.62. The summed E-state index contributed by atoms with van der Waals surface area (Å²) in [6, 6.07) is 0. The molecule has 0 amide bonds. The maximum Gasteiger partial charge on any atom is -0.0169 e. The Bertz CT molecular complexity index is 228. The van der Waals surface area contributed by atoms with E-state index in [9.17, 15) is 0 Å². The van der Waals surface area contributed by atoms with E-state index in [1.807, 2.05) is 0 Å². The van der Waals surface area contributed by atoms with E-state index in [2.05, 4.69) is 48.6 Å². The highest BCUT2D eigenvalue weighted by molar-refractivity contribution is 5.03. The van der Waals surface area contributed by atoms with Gasteiger partial charge in [0.1, 0.15) is 0 Å². The molecule has 0 atom stereocenters. The predicted octanol–water partition coefficient (Wildman–Crippen LogP) is 4.57. The summed E-state index contributed by atoms with van der Waals surface area (Å²) in [5, 5.41) is 0. The fourth-order valence-electron chi connectivity index (χ4n) is 1.40. The van der Waals surface area contributed by atoms with Gasteiger partial charge in [0.15, 0.2) is 0 Å². The first-order chi connectivity index (χ1) is 7.00. The Hall–Kier alpha value is -1.04. The van der Waals surface area contributed by atoms with Gasteiger partial charge in [-0.05, 0) is 38.5 Å². The van der Waals surface area contributed by atoms with Crippen molar-refractivity contribution < 1.29 is 0 Å². The molecule has 0 N–H and O–H groups in total. The maximum atomic E-state index is 2.29. The van der Waals surface area contributed by atoms with Crippen LogP contribution in [0.1, 0.15) is 38.5 Å². The van der Waals surface area contributed by atoms with Crippen molar-refractivity contribution in [2.75, 3.05) is 0 Å². The summed E-state index contributed by atoms with van der Waals surface area (Å²) in [6.45, 7) is 0. The first-order valence-electron chi connectivity index (χ1n) is 5.62. The first kappa shape index (κ1) is 11.0. The molecule has 0 aromatic rings. The highest BCUT2D eigenvalue weighted by Gasteiger charge is 1.81. The Morgan fingerprint density at radius 1 is 0.500 bits per heavy atom. The normalized spacial score (nSPS) is 24.0. The average molecular weight is 188 g/mol. The van der Waals surface area contributed by atoms with Crippen LogP contribution in [-0.2, 0) is 0 Å². The zero-order chi connectivity index (χ0) is 9.90. The molecule has 0 fully saturated rings. The molecule has 0 aromatic heterocycles. The molecule has 0 heteroatoms. The van der Waals surface area contributed by atoms with E-state index in [1.165, 1.54) is 19.3 Å². The molecule has 0 radical (unpaired) electrons. The summed E-state index contributed by atoms with van der Waals surface area (Å²) < 4.78 is 0. The summed E-state index contributed by atoms with van der Waals surface area (Å²) in [7, 11) is 0. The highest BCUT2D eigenvalue weighted by Crippen LogP contribution is 2.01. The van der Waals surface area contributed by atoms with E-state index >= 15 is 0 Å². The molecule has 0 aliphatic heterocycles. The van der Waals surface area contributed by atoms with E-state index in [0.29, 0.717) is 0 Å². The Kier molecular flexibility index (Phi) is 6.74. The van der Waals surface area contributed by atoms with Gasteiger partial charge in [0, 0.05) is 0 Å². The van der Waals surface area contributed by atoms with Crippen LogP contribution in [-0.4, -0.2) is 0 Å². The average Bonchev–Trinajstić information content (AvgIpc) is 2.22. The van der Waals surface area contributed by atoms with Gasteiger partial charge in [0.25, 0.3) is 0 Å². The molecular weight excluding hydrogens is 168 g/mol. The number of allylic oxidation sites excluding steroid dienone is 8. The molecule has 1 aliphatic carbocycles. The molecule has 0 bridgehead atoms. The van der Waals surface area contributed by atoms with Gasteiger partial charge < -0.3 is 0 Å². The largest absolute Gasteiger partial charge is 0.0882 e. The fourth-order valence-corrected chi connectivity index (χ4v) is 1.40. The summed E-state index contributed by atoms with van der Waals surface area (Å²) in [5.74, 6) is 0. The molecule has 0 unspecified atom stereocenters. The van der Waals surface area contributed by atoms with E-state index < -0.39 is 0 Å². The van der Waals surface area contributed by atoms with Crippen LogP contribution in [0.4, 0.5) is 0 Å². The molecule has 1 aliphatic rings. The van der Waals surface area contributed by atoms with Gasteiger partial charge in [0.2, 0.25) is 0 Å². The molecule has 0 nitrogen and oxygen atoms in total. The second-order valence-corrected chi connectivity index (χ2v) is 3.54. The summed E-state index contributed by atoms with van der Waals surface area (Å²) in [6.07, 6.45) is 25.0. The smallest absolute Gasteiger partial charge is 0.0169 e. The lowest BCUT2D eigenvalue weighted by Crippen LogP contribution is -1.70. The van der Waals surface area contributed by atoms with Gasteiger partial charge in [-0.2, -0.15) is 0 Å². The molecule has 0 saturated heterocycles. The molecule has 0 saturated carbocycles. The van der Waals surface area contributed by atoms with Gasteiger partial charge in [-0.25, -0.2) is 0 Å². The van der Waals surface area contributed by atoms with Crippen LogP contribution in [0.5, 0.6) is 0 Å². The maximum absolute atomic E-state index is 2.29. The fraction of sp³-hybridized carbons (Fsp3) is 0.429. The van der Waals surface area contributed by atoms with Gasteiger partial charge in [0.05, 0.1) is 0 Å². The Balaban J connectivity index is 2.34. The van der Waals surface area contributed by atoms with Crippen molar-refractivity contribution in [3.8, 4) is 0 Å². The van der Waals surface area contributed by atoms with Crippen molar-refractivity contribution in [1.82, 2.24) is 0 Å². The SMILES string of the molecule is C1=CCC/C=C\C/C=C\CCCC=C1. The van der Waals surface area contributed by atoms with E-state index in [1.54, 1.807) is 0 Å². The van der Waals surface area contributed by atoms with Crippen molar-refractivity contribution in [1.29, 1.82) is 0 Å². The van der Waals surface area contributed by atoms with Crippen molar-refractivity contribution in [2.45, 2.75) is 38.5 Å². The highest BCUT2D eigenvalue weighted by atomic mass is 13.9. The molecule has 14 heavy (non-hydrogen) atoms. The molecule has 0 aromatic carbocycles. The minimum Gasteiger partial charge on any atom is -0.0882 e. The van der Waals surface area contributed by atoms with Crippen LogP contribution in [0, 0.1) is 0 Å². The summed E-state index contributed by atoms with van der Waals surface area (Å²) in [4.78, 5) is 0. The third kappa shape index (κ3) is 6.47. The lowest BCUT2D eigenvalue weighted by molar-refractivity contribution is 0.865. The van der Waals surface area contributed by atoms with Gasteiger partial charge in [-0.3, -0.25) is 0 Å². The molecule has 1 rings (SSSR count). The zero-order valence-electron chi connectivity index (χ0n) is 8.86. The quantitative estimate of drug-likeness (QED) is 0.489. The third-order valence-electron chi connectivity index (χ3n) is 2.23. The minimum atomic E-state index is 1.10. The van der Waals surface area contributed by atoms with Crippen LogP contribution >= 0.6 is 0 Å². The lowest BCUT2D eigenvalue weighted by Gasteiger charge is -1.91. The lowest BCUT2D eigenvalue weighted by atomic mass is 10.2. The monoisotopic (exact) mass is 188 g/mol. The van der Waals surface area contributed by atoms with Crippen LogP contribution in [0.15, 0.2) is 48.6 Å². The van der Waals surface area contributed by atoms with E-state index in [0.717, 1.165) is 19.3 Å². The topological polar surface area (TPSA) is 0 Å². The van der Waals surface area contributed by atoms with Crippen LogP contribution < -0.4 is 0 Å². The Labute approximate surface area is 87.7 Å². The van der Waals surface area contributed by atoms with Gasteiger partial charge in [-0.1, -0.05) is 48.6 Å². The summed E-state index contributed by atoms with van der Waals surface area (Å²) >= 11 is 0. The Morgan fingerprint density at radius 2 is 1.07 bits per heavy atom. The number of rotatable bonds is 0. The third-order valence-corrected chi connectivity index (χ3v) is 2.23. The van der Waals surface area contributed by atoms with Crippen LogP contribution in [0.3, 0.4) is 0 Å². The summed E-state index contributed by atoms with van der Waals surface area (Å²) in [5.41, 5.74) is 0. The second-order valence-electron chi connectivity index (χ2n) is 3.54.